The highest BCUT2D eigenvalue weighted by Crippen LogP contribution is 2.38. The van der Waals surface area contributed by atoms with Crippen LogP contribution in [0.25, 0.3) is 0 Å². The van der Waals surface area contributed by atoms with E-state index >= 15 is 0 Å². The summed E-state index contributed by atoms with van der Waals surface area (Å²) in [6.45, 7) is 5.84. The van der Waals surface area contributed by atoms with E-state index < -0.39 is 11.5 Å². The molecule has 180 valence electrons. The van der Waals surface area contributed by atoms with Gasteiger partial charge in [0.15, 0.2) is 0 Å². The summed E-state index contributed by atoms with van der Waals surface area (Å²) in [5.41, 5.74) is 1.96. The van der Waals surface area contributed by atoms with Gasteiger partial charge in [-0.25, -0.2) is 4.79 Å². The number of rotatable bonds is 5. The van der Waals surface area contributed by atoms with Crippen LogP contribution in [0.5, 0.6) is 0 Å². The number of fused-ring (bicyclic) bond motifs is 1. The fourth-order valence-electron chi connectivity index (χ4n) is 5.89. The predicted molar refractivity (Wildman–Crippen MR) is 129 cm³/mol. The van der Waals surface area contributed by atoms with Gasteiger partial charge in [0.1, 0.15) is 0 Å². The minimum absolute atomic E-state index is 0.0101. The fraction of sp³-hybridized carbons (Fsp3) is 0.481. The topological polar surface area (TPSA) is 73.3 Å². The van der Waals surface area contributed by atoms with Crippen molar-refractivity contribution in [2.75, 3.05) is 45.9 Å². The lowest BCUT2D eigenvalue weighted by Crippen LogP contribution is -2.69. The Balaban J connectivity index is 1.46. The van der Waals surface area contributed by atoms with Crippen LogP contribution in [-0.2, 0) is 9.53 Å². The number of carboxylic acid groups (broad SMARTS) is 1. The molecule has 0 aromatic heterocycles. The SMILES string of the molecule is CCC1(C(=O)N2CCN3C(C(c4ccccc4)c4ccccc4)CN(C(=O)O)C[C@@H]3C2)COC1. The second-order valence-electron chi connectivity index (χ2n) is 9.82. The molecule has 3 aliphatic heterocycles. The number of amides is 2. The molecule has 0 aliphatic carbocycles. The Morgan fingerprint density at radius 1 is 0.941 bits per heavy atom. The number of hydrogen-bond acceptors (Lipinski definition) is 4. The first kappa shape index (κ1) is 22.9. The second kappa shape index (κ2) is 9.39. The molecular weight excluding hydrogens is 430 g/mol. The first-order valence-corrected chi connectivity index (χ1v) is 12.2. The summed E-state index contributed by atoms with van der Waals surface area (Å²) < 4.78 is 5.40. The third-order valence-electron chi connectivity index (χ3n) is 7.94. The highest BCUT2D eigenvalue weighted by molar-refractivity contribution is 5.84. The quantitative estimate of drug-likeness (QED) is 0.738. The van der Waals surface area contributed by atoms with Crippen molar-refractivity contribution in [2.24, 2.45) is 5.41 Å². The molecule has 2 aromatic rings. The number of ether oxygens (including phenoxy) is 1. The standard InChI is InChI=1S/C27H33N3O4/c1-2-27(18-34-19-27)25(31)28-13-14-30-22(15-28)16-29(26(32)33)17-23(30)24(20-9-5-3-6-10-20)21-11-7-4-8-12-21/h3-12,22-24H,2,13-19H2,1H3,(H,32,33)/t22-,23?/m0/s1. The zero-order valence-electron chi connectivity index (χ0n) is 19.7. The van der Waals surface area contributed by atoms with Crippen molar-refractivity contribution in [3.63, 3.8) is 0 Å². The van der Waals surface area contributed by atoms with Gasteiger partial charge in [0, 0.05) is 50.7 Å². The monoisotopic (exact) mass is 463 g/mol. The van der Waals surface area contributed by atoms with Crippen molar-refractivity contribution in [2.45, 2.75) is 31.3 Å². The van der Waals surface area contributed by atoms with E-state index in [1.54, 1.807) is 4.90 Å². The normalized spacial score (nSPS) is 24.4. The summed E-state index contributed by atoms with van der Waals surface area (Å²) in [4.78, 5) is 31.5. The number of nitrogens with zero attached hydrogens (tertiary/aromatic N) is 3. The Morgan fingerprint density at radius 3 is 2.03 bits per heavy atom. The van der Waals surface area contributed by atoms with Crippen LogP contribution in [0.4, 0.5) is 4.79 Å². The van der Waals surface area contributed by atoms with Gasteiger partial charge >= 0.3 is 6.09 Å². The van der Waals surface area contributed by atoms with Crippen LogP contribution in [0, 0.1) is 5.41 Å². The van der Waals surface area contributed by atoms with E-state index in [1.807, 2.05) is 48.2 Å². The van der Waals surface area contributed by atoms with E-state index in [9.17, 15) is 14.7 Å². The van der Waals surface area contributed by atoms with Gasteiger partial charge in [-0.3, -0.25) is 9.69 Å². The van der Waals surface area contributed by atoms with Crippen molar-refractivity contribution in [3.05, 3.63) is 71.8 Å². The molecule has 0 bridgehead atoms. The number of hydrogen-bond donors (Lipinski definition) is 1. The van der Waals surface area contributed by atoms with Crippen LogP contribution in [0.15, 0.2) is 60.7 Å². The van der Waals surface area contributed by atoms with Gasteiger partial charge in [-0.05, 0) is 17.5 Å². The summed E-state index contributed by atoms with van der Waals surface area (Å²) in [7, 11) is 0. The number of benzene rings is 2. The van der Waals surface area contributed by atoms with Crippen LogP contribution in [0.1, 0.15) is 30.4 Å². The maximum Gasteiger partial charge on any atom is 0.407 e. The van der Waals surface area contributed by atoms with E-state index in [0.29, 0.717) is 39.4 Å². The zero-order valence-corrected chi connectivity index (χ0v) is 19.7. The Labute approximate surface area is 200 Å². The minimum atomic E-state index is -0.898. The second-order valence-corrected chi connectivity index (χ2v) is 9.82. The van der Waals surface area contributed by atoms with Crippen molar-refractivity contribution in [1.82, 2.24) is 14.7 Å². The Bertz CT molecular complexity index is 966. The minimum Gasteiger partial charge on any atom is -0.465 e. The molecule has 34 heavy (non-hydrogen) atoms. The molecule has 2 amide bonds. The molecule has 3 heterocycles. The summed E-state index contributed by atoms with van der Waals surface area (Å²) >= 11 is 0. The van der Waals surface area contributed by atoms with E-state index in [1.165, 1.54) is 11.1 Å². The van der Waals surface area contributed by atoms with E-state index in [2.05, 4.69) is 29.2 Å². The lowest BCUT2D eigenvalue weighted by atomic mass is 9.80. The van der Waals surface area contributed by atoms with Gasteiger partial charge < -0.3 is 19.6 Å². The van der Waals surface area contributed by atoms with E-state index in [4.69, 9.17) is 4.74 Å². The van der Waals surface area contributed by atoms with Gasteiger partial charge in [-0.1, -0.05) is 67.6 Å². The molecule has 0 saturated carbocycles. The average molecular weight is 464 g/mol. The lowest BCUT2D eigenvalue weighted by molar-refractivity contribution is -0.177. The van der Waals surface area contributed by atoms with E-state index in [-0.39, 0.29) is 23.9 Å². The fourth-order valence-corrected chi connectivity index (χ4v) is 5.89. The molecule has 1 N–H and O–H groups in total. The third kappa shape index (κ3) is 4.07. The summed E-state index contributed by atoms with van der Waals surface area (Å²) in [5.74, 6) is 0.198. The van der Waals surface area contributed by atoms with Crippen molar-refractivity contribution in [3.8, 4) is 0 Å². The molecule has 7 heteroatoms. The lowest BCUT2D eigenvalue weighted by Gasteiger charge is -2.54. The van der Waals surface area contributed by atoms with Crippen molar-refractivity contribution < 1.29 is 19.4 Å². The Kier molecular flexibility index (Phi) is 6.32. The predicted octanol–water partition coefficient (Wildman–Crippen LogP) is 3.12. The Morgan fingerprint density at radius 2 is 1.53 bits per heavy atom. The first-order valence-electron chi connectivity index (χ1n) is 12.2. The van der Waals surface area contributed by atoms with Crippen LogP contribution in [-0.4, -0.2) is 89.8 Å². The molecular formula is C27H33N3O4. The third-order valence-corrected chi connectivity index (χ3v) is 7.94. The molecule has 5 rings (SSSR count). The number of carbonyl (C=O) groups is 2. The molecule has 0 radical (unpaired) electrons. The number of piperazine rings is 2. The molecule has 1 unspecified atom stereocenters. The van der Waals surface area contributed by atoms with Gasteiger partial charge in [-0.2, -0.15) is 0 Å². The molecule has 3 aliphatic rings. The maximum atomic E-state index is 13.4. The highest BCUT2D eigenvalue weighted by atomic mass is 16.5. The largest absolute Gasteiger partial charge is 0.465 e. The van der Waals surface area contributed by atoms with Crippen molar-refractivity contribution in [1.29, 1.82) is 0 Å². The molecule has 0 spiro atoms. The number of carbonyl (C=O) groups excluding carboxylic acids is 1. The highest BCUT2D eigenvalue weighted by Gasteiger charge is 2.50. The maximum absolute atomic E-state index is 13.4. The van der Waals surface area contributed by atoms with Gasteiger partial charge in [-0.15, -0.1) is 0 Å². The van der Waals surface area contributed by atoms with Crippen LogP contribution < -0.4 is 0 Å². The molecule has 3 saturated heterocycles. The smallest absolute Gasteiger partial charge is 0.407 e. The summed E-state index contributed by atoms with van der Waals surface area (Å²) in [6, 6.07) is 20.7. The summed E-state index contributed by atoms with van der Waals surface area (Å²) in [6.07, 6.45) is -0.129. The van der Waals surface area contributed by atoms with Gasteiger partial charge in [0.05, 0.1) is 18.6 Å². The molecule has 7 nitrogen and oxygen atoms in total. The first-order chi connectivity index (χ1) is 16.5. The average Bonchev–Trinajstić information content (AvgIpc) is 2.84. The van der Waals surface area contributed by atoms with Crippen LogP contribution in [0.2, 0.25) is 0 Å². The molecule has 2 aromatic carbocycles. The van der Waals surface area contributed by atoms with Gasteiger partial charge in [0.25, 0.3) is 0 Å². The van der Waals surface area contributed by atoms with E-state index in [0.717, 1.165) is 13.0 Å². The Hall–Kier alpha value is -2.90. The molecule has 3 fully saturated rings. The molecule has 2 atom stereocenters. The van der Waals surface area contributed by atoms with Crippen LogP contribution in [0.3, 0.4) is 0 Å². The summed E-state index contributed by atoms with van der Waals surface area (Å²) in [5, 5.41) is 9.97. The van der Waals surface area contributed by atoms with Gasteiger partial charge in [0.2, 0.25) is 5.91 Å². The van der Waals surface area contributed by atoms with Crippen molar-refractivity contribution >= 4 is 12.0 Å². The van der Waals surface area contributed by atoms with Crippen LogP contribution >= 0.6 is 0 Å². The zero-order chi connectivity index (χ0) is 23.7.